The number of H-pyrrole nitrogens is 1. The minimum atomic E-state index is -0.259. The van der Waals surface area contributed by atoms with Crippen molar-refractivity contribution in [1.29, 1.82) is 0 Å². The molecule has 0 saturated heterocycles. The summed E-state index contributed by atoms with van der Waals surface area (Å²) >= 11 is 11.4. The summed E-state index contributed by atoms with van der Waals surface area (Å²) in [4.78, 5) is 11.4. The molecular weight excluding hydrogens is 249 g/mol. The third-order valence-corrected chi connectivity index (χ3v) is 2.59. The minimum Gasteiger partial charge on any atom is -0.274 e. The van der Waals surface area contributed by atoms with E-state index in [-0.39, 0.29) is 5.69 Å². The molecule has 0 fully saturated rings. The first-order chi connectivity index (χ1) is 7.72. The van der Waals surface area contributed by atoms with Gasteiger partial charge in [0.2, 0.25) is 0 Å². The molecule has 0 spiro atoms. The predicted molar refractivity (Wildman–Crippen MR) is 64.0 cm³/mol. The van der Waals surface area contributed by atoms with Gasteiger partial charge in [0.25, 0.3) is 0 Å². The Bertz CT molecular complexity index is 530. The largest absolute Gasteiger partial charge is 0.343 e. The van der Waals surface area contributed by atoms with Crippen LogP contribution in [0.5, 0.6) is 0 Å². The van der Waals surface area contributed by atoms with E-state index in [9.17, 15) is 4.79 Å². The van der Waals surface area contributed by atoms with Crippen molar-refractivity contribution in [2.75, 3.05) is 5.88 Å². The molecule has 4 nitrogen and oxygen atoms in total. The van der Waals surface area contributed by atoms with Gasteiger partial charge in [0.15, 0.2) is 5.82 Å². The number of hydrogen-bond acceptors (Lipinski definition) is 2. The monoisotopic (exact) mass is 257 g/mol. The fourth-order valence-electron chi connectivity index (χ4n) is 1.43. The summed E-state index contributed by atoms with van der Waals surface area (Å²) < 4.78 is 1.50. The molecule has 6 heteroatoms. The number of benzene rings is 1. The van der Waals surface area contributed by atoms with Gasteiger partial charge in [-0.2, -0.15) is 5.10 Å². The summed E-state index contributed by atoms with van der Waals surface area (Å²) in [5.74, 6) is 0.933. The van der Waals surface area contributed by atoms with E-state index in [2.05, 4.69) is 10.2 Å². The van der Waals surface area contributed by atoms with Crippen LogP contribution in [-0.2, 0) is 6.54 Å². The Balaban J connectivity index is 2.47. The second-order valence-corrected chi connectivity index (χ2v) is 4.01. The van der Waals surface area contributed by atoms with Gasteiger partial charge >= 0.3 is 5.69 Å². The zero-order chi connectivity index (χ0) is 11.5. The molecule has 0 aliphatic heterocycles. The van der Waals surface area contributed by atoms with Crippen LogP contribution in [0.4, 0.5) is 0 Å². The highest BCUT2D eigenvalue weighted by Gasteiger charge is 2.09. The highest BCUT2D eigenvalue weighted by atomic mass is 35.5. The van der Waals surface area contributed by atoms with E-state index >= 15 is 0 Å². The Kier molecular flexibility index (Phi) is 3.31. The zero-order valence-electron chi connectivity index (χ0n) is 8.28. The van der Waals surface area contributed by atoms with Crippen molar-refractivity contribution in [3.63, 3.8) is 0 Å². The van der Waals surface area contributed by atoms with Gasteiger partial charge in [0, 0.05) is 23.0 Å². The fourth-order valence-corrected chi connectivity index (χ4v) is 1.72. The number of aromatic amines is 1. The second kappa shape index (κ2) is 4.72. The molecule has 0 radical (unpaired) electrons. The Morgan fingerprint density at radius 3 is 2.62 bits per heavy atom. The summed E-state index contributed by atoms with van der Waals surface area (Å²) in [5, 5.41) is 7.00. The Morgan fingerprint density at radius 1 is 1.31 bits per heavy atom. The Morgan fingerprint density at radius 2 is 2.00 bits per heavy atom. The van der Waals surface area contributed by atoms with Crippen LogP contribution in [0.15, 0.2) is 29.1 Å². The molecule has 1 N–H and O–H groups in total. The highest BCUT2D eigenvalue weighted by molar-refractivity contribution is 6.30. The van der Waals surface area contributed by atoms with Crippen LogP contribution >= 0.6 is 23.2 Å². The lowest BCUT2D eigenvalue weighted by Crippen LogP contribution is -2.18. The van der Waals surface area contributed by atoms with Crippen molar-refractivity contribution >= 4 is 23.2 Å². The van der Waals surface area contributed by atoms with Crippen molar-refractivity contribution in [2.45, 2.75) is 6.54 Å². The number of hydrogen-bond donors (Lipinski definition) is 1. The first-order valence-electron chi connectivity index (χ1n) is 4.69. The number of rotatable bonds is 3. The van der Waals surface area contributed by atoms with E-state index in [1.54, 1.807) is 12.1 Å². The normalized spacial score (nSPS) is 10.6. The molecule has 0 amide bonds. The molecule has 84 valence electrons. The first kappa shape index (κ1) is 11.2. The minimum absolute atomic E-state index is 0.259. The number of nitrogens with zero attached hydrogens (tertiary/aromatic N) is 2. The van der Waals surface area contributed by atoms with Gasteiger partial charge in [-0.05, 0) is 24.3 Å². The number of alkyl halides is 1. The molecule has 2 aromatic rings. The predicted octanol–water partition coefficient (Wildman–Crippen LogP) is 2.13. The topological polar surface area (TPSA) is 50.7 Å². The van der Waals surface area contributed by atoms with Crippen LogP contribution in [-0.4, -0.2) is 20.6 Å². The first-order valence-corrected chi connectivity index (χ1v) is 5.60. The third kappa shape index (κ3) is 2.13. The van der Waals surface area contributed by atoms with Crippen molar-refractivity contribution in [2.24, 2.45) is 0 Å². The number of aromatic nitrogens is 3. The van der Waals surface area contributed by atoms with Crippen LogP contribution in [0, 0.1) is 0 Å². The zero-order valence-corrected chi connectivity index (χ0v) is 9.79. The lowest BCUT2D eigenvalue weighted by Gasteiger charge is -2.03. The summed E-state index contributed by atoms with van der Waals surface area (Å²) in [6.45, 7) is 0.425. The molecule has 1 heterocycles. The van der Waals surface area contributed by atoms with E-state index in [4.69, 9.17) is 23.2 Å². The fraction of sp³-hybridized carbons (Fsp3) is 0.200. The van der Waals surface area contributed by atoms with Crippen LogP contribution < -0.4 is 5.69 Å². The maximum Gasteiger partial charge on any atom is 0.343 e. The Labute approximate surface area is 102 Å². The van der Waals surface area contributed by atoms with Gasteiger partial charge in [-0.25, -0.2) is 9.89 Å². The summed E-state index contributed by atoms with van der Waals surface area (Å²) in [5.41, 5.74) is 0.568. The van der Waals surface area contributed by atoms with Crippen LogP contribution in [0.25, 0.3) is 11.4 Å². The van der Waals surface area contributed by atoms with E-state index in [0.29, 0.717) is 23.3 Å². The van der Waals surface area contributed by atoms with E-state index in [0.717, 1.165) is 5.56 Å². The lowest BCUT2D eigenvalue weighted by atomic mass is 10.2. The molecule has 0 unspecified atom stereocenters. The molecule has 0 bridgehead atoms. The number of halogens is 2. The second-order valence-electron chi connectivity index (χ2n) is 3.20. The molecule has 1 aromatic carbocycles. The molecule has 0 aliphatic carbocycles. The van der Waals surface area contributed by atoms with Crippen molar-refractivity contribution in [3.8, 4) is 11.4 Å². The van der Waals surface area contributed by atoms with Gasteiger partial charge in [0.1, 0.15) is 0 Å². The Hall–Kier alpha value is -1.26. The van der Waals surface area contributed by atoms with Crippen LogP contribution in [0.3, 0.4) is 0 Å². The number of nitrogens with one attached hydrogen (secondary N) is 1. The molecule has 2 rings (SSSR count). The maximum absolute atomic E-state index is 11.4. The lowest BCUT2D eigenvalue weighted by molar-refractivity contribution is 0.741. The highest BCUT2D eigenvalue weighted by Crippen LogP contribution is 2.18. The molecule has 0 atom stereocenters. The maximum atomic E-state index is 11.4. The summed E-state index contributed by atoms with van der Waals surface area (Å²) in [6.07, 6.45) is 0. The standard InChI is InChI=1S/C10H9Cl2N3O/c11-5-6-15-9(13-14-10(15)16)7-1-3-8(12)4-2-7/h1-4H,5-6H2,(H,14,16). The van der Waals surface area contributed by atoms with Crippen LogP contribution in [0.1, 0.15) is 0 Å². The van der Waals surface area contributed by atoms with Gasteiger partial charge in [0.05, 0.1) is 0 Å². The van der Waals surface area contributed by atoms with Gasteiger partial charge < -0.3 is 0 Å². The van der Waals surface area contributed by atoms with Crippen molar-refractivity contribution in [1.82, 2.24) is 14.8 Å². The van der Waals surface area contributed by atoms with E-state index < -0.39 is 0 Å². The van der Waals surface area contributed by atoms with Crippen molar-refractivity contribution in [3.05, 3.63) is 39.8 Å². The van der Waals surface area contributed by atoms with Crippen LogP contribution in [0.2, 0.25) is 5.02 Å². The summed E-state index contributed by atoms with van der Waals surface area (Å²) in [6, 6.07) is 7.12. The molecule has 1 aromatic heterocycles. The average molecular weight is 258 g/mol. The molecule has 0 saturated carbocycles. The van der Waals surface area contributed by atoms with Crippen molar-refractivity contribution < 1.29 is 0 Å². The summed E-state index contributed by atoms with van der Waals surface area (Å²) in [7, 11) is 0. The van der Waals surface area contributed by atoms with Gasteiger partial charge in [-0.3, -0.25) is 4.57 Å². The third-order valence-electron chi connectivity index (χ3n) is 2.17. The molecule has 16 heavy (non-hydrogen) atoms. The smallest absolute Gasteiger partial charge is 0.274 e. The van der Waals surface area contributed by atoms with E-state index in [1.807, 2.05) is 12.1 Å². The van der Waals surface area contributed by atoms with E-state index in [1.165, 1.54) is 4.57 Å². The SMILES string of the molecule is O=c1[nH]nc(-c2ccc(Cl)cc2)n1CCCl. The average Bonchev–Trinajstić information content (AvgIpc) is 2.63. The molecule has 0 aliphatic rings. The quantitative estimate of drug-likeness (QED) is 0.857. The van der Waals surface area contributed by atoms with Gasteiger partial charge in [-0.1, -0.05) is 11.6 Å². The molecular formula is C10H9Cl2N3O. The van der Waals surface area contributed by atoms with Gasteiger partial charge in [-0.15, -0.1) is 11.6 Å².